The van der Waals surface area contributed by atoms with Crippen molar-refractivity contribution in [3.8, 4) is 5.75 Å². The van der Waals surface area contributed by atoms with Crippen LogP contribution in [0.1, 0.15) is 28.3 Å². The molecule has 2 aromatic carbocycles. The van der Waals surface area contributed by atoms with Crippen LogP contribution in [0, 0.1) is 36.5 Å². The van der Waals surface area contributed by atoms with Crippen LogP contribution in [-0.2, 0) is 9.59 Å². The zero-order valence-electron chi connectivity index (χ0n) is 19.3. The first-order valence-electron chi connectivity index (χ1n) is 11.9. The van der Waals surface area contributed by atoms with E-state index in [1.807, 2.05) is 49.4 Å². The molecule has 3 fully saturated rings. The predicted octanol–water partition coefficient (Wildman–Crippen LogP) is 4.43. The van der Waals surface area contributed by atoms with Crippen LogP contribution < -0.4 is 14.5 Å². The number of nitrogens with zero attached hydrogens (tertiary/aromatic N) is 1. The molecule has 1 N–H and O–H groups in total. The van der Waals surface area contributed by atoms with E-state index in [0.717, 1.165) is 33.2 Å². The van der Waals surface area contributed by atoms with Gasteiger partial charge >= 0.3 is 4.87 Å². The molecule has 0 unspecified atom stereocenters. The third-order valence-electron chi connectivity index (χ3n) is 8.49. The molecule has 1 saturated heterocycles. The highest BCUT2D eigenvalue weighted by Crippen LogP contribution is 2.69. The van der Waals surface area contributed by atoms with Gasteiger partial charge in [0.1, 0.15) is 5.75 Å². The van der Waals surface area contributed by atoms with Crippen molar-refractivity contribution in [1.29, 1.82) is 0 Å². The highest BCUT2D eigenvalue weighted by atomic mass is 32.2. The Balaban J connectivity index is 1.34. The summed E-state index contributed by atoms with van der Waals surface area (Å²) in [6.07, 6.45) is 0.877. The fraction of sp³-hybridized carbons (Fsp3) is 0.370. The Morgan fingerprint density at radius 3 is 2.43 bits per heavy atom. The normalized spacial score (nSPS) is 32.5. The van der Waals surface area contributed by atoms with E-state index in [1.165, 1.54) is 16.2 Å². The van der Waals surface area contributed by atoms with Gasteiger partial charge in [0, 0.05) is 21.6 Å². The molecule has 2 aliphatic heterocycles. The van der Waals surface area contributed by atoms with Crippen molar-refractivity contribution in [2.24, 2.45) is 29.6 Å². The van der Waals surface area contributed by atoms with E-state index in [-0.39, 0.29) is 57.4 Å². The van der Waals surface area contributed by atoms with Crippen LogP contribution in [-0.4, -0.2) is 29.2 Å². The quantitative estimate of drug-likeness (QED) is 0.534. The number of aromatic nitrogens is 1. The van der Waals surface area contributed by atoms with Gasteiger partial charge in [0.25, 0.3) is 0 Å². The average Bonchev–Trinajstić information content (AvgIpc) is 3.59. The predicted molar refractivity (Wildman–Crippen MR) is 135 cm³/mol. The van der Waals surface area contributed by atoms with Crippen LogP contribution in [0.25, 0.3) is 0 Å². The molecule has 3 aromatic rings. The largest absolute Gasteiger partial charge is 0.496 e. The standard InChI is InChI=1S/C27H24N2O4S2/c1-12-7-9-13(10-8-12)29-25(30)20-15-11-16(21(20)26(29)31)22-19(15)18(14-5-3-4-6-17(14)33-2)23-24(34-22)28-27(32)35-23/h3-10,15-16,18-22H,11H2,1-2H3,(H,28,32)/t15-,16+,18-,19+,20+,21+,22-/m1/s1. The minimum atomic E-state index is -0.301. The molecule has 7 rings (SSSR count). The maximum absolute atomic E-state index is 13.8. The van der Waals surface area contributed by atoms with Gasteiger partial charge in [-0.25, -0.2) is 0 Å². The molecule has 4 aliphatic rings. The van der Waals surface area contributed by atoms with E-state index in [0.29, 0.717) is 5.69 Å². The van der Waals surface area contributed by atoms with Gasteiger partial charge in [-0.1, -0.05) is 47.2 Å². The molecule has 6 nitrogen and oxygen atoms in total. The lowest BCUT2D eigenvalue weighted by atomic mass is 9.68. The first-order valence-corrected chi connectivity index (χ1v) is 13.6. The first-order chi connectivity index (χ1) is 17.0. The van der Waals surface area contributed by atoms with Gasteiger partial charge in [-0.15, -0.1) is 11.8 Å². The minimum Gasteiger partial charge on any atom is -0.496 e. The summed E-state index contributed by atoms with van der Waals surface area (Å²) < 4.78 is 5.74. The second-order valence-corrected chi connectivity index (χ2v) is 12.3. The van der Waals surface area contributed by atoms with Crippen LogP contribution in [0.4, 0.5) is 5.69 Å². The molecule has 0 radical (unpaired) electrons. The van der Waals surface area contributed by atoms with Crippen LogP contribution in [0.3, 0.4) is 0 Å². The molecule has 3 heterocycles. The summed E-state index contributed by atoms with van der Waals surface area (Å²) in [7, 11) is 1.67. The first kappa shape index (κ1) is 21.4. The van der Waals surface area contributed by atoms with Crippen LogP contribution in [0.15, 0.2) is 58.4 Å². The summed E-state index contributed by atoms with van der Waals surface area (Å²) in [5.41, 5.74) is 2.81. The van der Waals surface area contributed by atoms with E-state index in [2.05, 4.69) is 11.1 Å². The number of hydrogen-bond donors (Lipinski definition) is 1. The number of imide groups is 1. The third kappa shape index (κ3) is 2.87. The Kier molecular flexibility index (Phi) is 4.64. The number of amides is 2. The molecule has 2 bridgehead atoms. The number of carbonyl (C=O) groups is 2. The maximum atomic E-state index is 13.8. The molecule has 0 spiro atoms. The van der Waals surface area contributed by atoms with Gasteiger partial charge in [-0.3, -0.25) is 19.3 Å². The number of carbonyl (C=O) groups excluding carboxylic acids is 2. The summed E-state index contributed by atoms with van der Waals surface area (Å²) in [5, 5.41) is 1.08. The molecule has 35 heavy (non-hydrogen) atoms. The number of hydrogen-bond acceptors (Lipinski definition) is 6. The average molecular weight is 505 g/mol. The smallest absolute Gasteiger partial charge is 0.305 e. The number of benzene rings is 2. The number of methoxy groups -OCH3 is 1. The number of para-hydroxylation sites is 1. The monoisotopic (exact) mass is 504 g/mol. The van der Waals surface area contributed by atoms with E-state index < -0.39 is 0 Å². The van der Waals surface area contributed by atoms with Crippen molar-refractivity contribution in [3.05, 3.63) is 74.2 Å². The van der Waals surface area contributed by atoms with E-state index in [4.69, 9.17) is 4.74 Å². The fourth-order valence-corrected chi connectivity index (χ4v) is 10.1. The summed E-state index contributed by atoms with van der Waals surface area (Å²) >= 11 is 2.97. The molecule has 178 valence electrons. The maximum Gasteiger partial charge on any atom is 0.305 e. The number of anilines is 1. The Bertz CT molecular complexity index is 1430. The SMILES string of the molecule is COc1ccccc1[C@H]1c2sc(=O)[nH]c2S[C@@H]2[C@H]3C[C@@H]([C@@H]4C(=O)N(c5ccc(C)cc5)C(=O)[C@@H]34)[C@@H]12. The zero-order valence-corrected chi connectivity index (χ0v) is 20.9. The number of thiazole rings is 1. The number of thioether (sulfide) groups is 1. The highest BCUT2D eigenvalue weighted by molar-refractivity contribution is 8.00. The Hall–Kier alpha value is -2.84. The number of H-pyrrole nitrogens is 1. The van der Waals surface area contributed by atoms with E-state index in [9.17, 15) is 14.4 Å². The summed E-state index contributed by atoms with van der Waals surface area (Å²) in [4.78, 5) is 45.3. The molecule has 1 aromatic heterocycles. The number of fused-ring (bicyclic) bond motifs is 9. The zero-order chi connectivity index (χ0) is 24.0. The fourth-order valence-electron chi connectivity index (χ4n) is 7.24. The van der Waals surface area contributed by atoms with Crippen molar-refractivity contribution >= 4 is 40.6 Å². The van der Waals surface area contributed by atoms with Gasteiger partial charge in [0.2, 0.25) is 11.8 Å². The molecular weight excluding hydrogens is 480 g/mol. The highest BCUT2D eigenvalue weighted by Gasteiger charge is 2.69. The number of ether oxygens (including phenoxy) is 1. The molecule has 2 aliphatic carbocycles. The topological polar surface area (TPSA) is 79.5 Å². The Morgan fingerprint density at radius 2 is 1.69 bits per heavy atom. The van der Waals surface area contributed by atoms with Gasteiger partial charge in [0.05, 0.1) is 29.7 Å². The van der Waals surface area contributed by atoms with Crippen LogP contribution >= 0.6 is 23.1 Å². The number of rotatable bonds is 3. The molecule has 8 heteroatoms. The Morgan fingerprint density at radius 1 is 0.971 bits per heavy atom. The molecule has 2 saturated carbocycles. The van der Waals surface area contributed by atoms with Gasteiger partial charge < -0.3 is 9.72 Å². The van der Waals surface area contributed by atoms with Crippen LogP contribution in [0.2, 0.25) is 0 Å². The van der Waals surface area contributed by atoms with Crippen molar-refractivity contribution < 1.29 is 14.3 Å². The number of nitrogens with one attached hydrogen (secondary N) is 1. The number of aromatic amines is 1. The van der Waals surface area contributed by atoms with Crippen molar-refractivity contribution in [3.63, 3.8) is 0 Å². The number of aryl methyl sites for hydroxylation is 1. The Labute approximate surface area is 210 Å². The summed E-state index contributed by atoms with van der Waals surface area (Å²) in [6.45, 7) is 2.00. The van der Waals surface area contributed by atoms with Gasteiger partial charge in [-0.05, 0) is 49.3 Å². The molecular formula is C27H24N2O4S2. The van der Waals surface area contributed by atoms with E-state index in [1.54, 1.807) is 18.9 Å². The second kappa shape index (κ2) is 7.58. The van der Waals surface area contributed by atoms with E-state index >= 15 is 0 Å². The van der Waals surface area contributed by atoms with Crippen LogP contribution in [0.5, 0.6) is 5.75 Å². The second-order valence-electron chi connectivity index (χ2n) is 10.0. The van der Waals surface area contributed by atoms with Crippen molar-refractivity contribution in [1.82, 2.24) is 4.98 Å². The lowest BCUT2D eigenvalue weighted by Crippen LogP contribution is -2.42. The summed E-state index contributed by atoms with van der Waals surface area (Å²) in [6, 6.07) is 15.6. The molecule has 7 atom stereocenters. The third-order valence-corrected chi connectivity index (χ3v) is 11.1. The lowest BCUT2D eigenvalue weighted by molar-refractivity contribution is -0.123. The van der Waals surface area contributed by atoms with Crippen molar-refractivity contribution in [2.75, 3.05) is 12.0 Å². The minimum absolute atomic E-state index is 0.0383. The lowest BCUT2D eigenvalue weighted by Gasteiger charge is -2.43. The molecule has 2 amide bonds. The summed E-state index contributed by atoms with van der Waals surface area (Å²) in [5.74, 6) is 0.415. The van der Waals surface area contributed by atoms with Crippen molar-refractivity contribution in [2.45, 2.75) is 29.5 Å². The van der Waals surface area contributed by atoms with Gasteiger partial charge in [0.15, 0.2) is 0 Å². The van der Waals surface area contributed by atoms with Gasteiger partial charge in [-0.2, -0.15) is 0 Å².